The van der Waals surface area contributed by atoms with E-state index in [9.17, 15) is 9.90 Å². The highest BCUT2D eigenvalue weighted by Gasteiger charge is 2.24. The number of carboxylic acid groups (broad SMARTS) is 1. The summed E-state index contributed by atoms with van der Waals surface area (Å²) in [5.41, 5.74) is 2.06. The first-order valence-corrected chi connectivity index (χ1v) is 7.46. The summed E-state index contributed by atoms with van der Waals surface area (Å²) >= 11 is 0. The number of likely N-dealkylation sites (tertiary alicyclic amines) is 1. The number of hydrogen-bond donors (Lipinski definition) is 1. The van der Waals surface area contributed by atoms with Crippen LogP contribution in [0.5, 0.6) is 0 Å². The van der Waals surface area contributed by atoms with Gasteiger partial charge in [-0.15, -0.1) is 0 Å². The van der Waals surface area contributed by atoms with E-state index in [-0.39, 0.29) is 12.2 Å². The summed E-state index contributed by atoms with van der Waals surface area (Å²) in [6.07, 6.45) is 0.998. The fraction of sp³-hybridized carbons (Fsp3) is 0.353. The fourth-order valence-electron chi connectivity index (χ4n) is 3.31. The highest BCUT2D eigenvalue weighted by molar-refractivity contribution is 5.95. The number of benzene rings is 1. The van der Waals surface area contributed by atoms with E-state index in [1.165, 1.54) is 4.57 Å². The largest absolute Gasteiger partial charge is 0.477 e. The zero-order valence-corrected chi connectivity index (χ0v) is 12.6. The molecule has 0 bridgehead atoms. The molecule has 1 aromatic carbocycles. The molecule has 1 aromatic heterocycles. The van der Waals surface area contributed by atoms with E-state index in [2.05, 4.69) is 11.0 Å². The summed E-state index contributed by atoms with van der Waals surface area (Å²) in [5.74, 6) is -0.667. The minimum absolute atomic E-state index is 0.0177. The van der Waals surface area contributed by atoms with Gasteiger partial charge in [-0.25, -0.2) is 4.79 Å². The summed E-state index contributed by atoms with van der Waals surface area (Å²) in [7, 11) is 0. The lowest BCUT2D eigenvalue weighted by molar-refractivity contribution is 0.0686. The molecule has 1 unspecified atom stereocenters. The summed E-state index contributed by atoms with van der Waals surface area (Å²) < 4.78 is 1.53. The van der Waals surface area contributed by atoms with Gasteiger partial charge in [-0.05, 0) is 42.6 Å². The Labute approximate surface area is 133 Å². The molecule has 0 spiro atoms. The van der Waals surface area contributed by atoms with Gasteiger partial charge < -0.3 is 9.67 Å². The van der Waals surface area contributed by atoms with Gasteiger partial charge in [0.2, 0.25) is 0 Å². The molecule has 2 heterocycles. The predicted octanol–water partition coefficient (Wildman–Crippen LogP) is 2.18. The molecule has 6 heteroatoms. The number of aromatic carboxylic acids is 1. The molecule has 0 aliphatic carbocycles. The van der Waals surface area contributed by atoms with Crippen molar-refractivity contribution in [1.29, 1.82) is 10.5 Å². The number of carboxylic acids is 1. The van der Waals surface area contributed by atoms with E-state index in [4.69, 9.17) is 10.5 Å². The zero-order chi connectivity index (χ0) is 16.4. The third-order valence-corrected chi connectivity index (χ3v) is 4.41. The van der Waals surface area contributed by atoms with Crippen molar-refractivity contribution >= 4 is 16.9 Å². The first-order chi connectivity index (χ1) is 11.1. The lowest BCUT2D eigenvalue weighted by Crippen LogP contribution is -2.20. The Kier molecular flexibility index (Phi) is 4.01. The third kappa shape index (κ3) is 2.77. The van der Waals surface area contributed by atoms with Crippen LogP contribution in [0, 0.1) is 22.7 Å². The van der Waals surface area contributed by atoms with Gasteiger partial charge in [-0.2, -0.15) is 10.5 Å². The smallest absolute Gasteiger partial charge is 0.352 e. The average Bonchev–Trinajstić information content (AvgIpc) is 3.13. The molecular formula is C17H16N4O2. The molecule has 0 radical (unpaired) electrons. The Bertz CT molecular complexity index is 841. The van der Waals surface area contributed by atoms with Crippen molar-refractivity contribution < 1.29 is 9.90 Å². The van der Waals surface area contributed by atoms with E-state index in [0.717, 1.165) is 36.0 Å². The quantitative estimate of drug-likeness (QED) is 0.874. The van der Waals surface area contributed by atoms with Crippen LogP contribution in [-0.4, -0.2) is 40.2 Å². The van der Waals surface area contributed by atoms with Crippen molar-refractivity contribution in [1.82, 2.24) is 9.47 Å². The van der Waals surface area contributed by atoms with Crippen LogP contribution in [0.3, 0.4) is 0 Å². The van der Waals surface area contributed by atoms with E-state index < -0.39 is 5.97 Å². The Morgan fingerprint density at radius 1 is 1.26 bits per heavy atom. The first kappa shape index (κ1) is 15.1. The van der Waals surface area contributed by atoms with Crippen molar-refractivity contribution in [3.8, 4) is 12.1 Å². The van der Waals surface area contributed by atoms with Gasteiger partial charge in [0.05, 0.1) is 18.7 Å². The molecule has 1 atom stereocenters. The summed E-state index contributed by atoms with van der Waals surface area (Å²) in [6.45, 7) is 2.22. The second-order valence-electron chi connectivity index (χ2n) is 5.78. The molecular weight excluding hydrogens is 292 g/mol. The second kappa shape index (κ2) is 6.12. The summed E-state index contributed by atoms with van der Waals surface area (Å²) in [6, 6.07) is 11.7. The van der Waals surface area contributed by atoms with Crippen LogP contribution in [0.1, 0.15) is 28.4 Å². The SMILES string of the molecule is N#CCN1CCC(c2ccc3c(c2)cc(C(=O)O)n3CC#N)C1. The normalized spacial score (nSPS) is 17.9. The fourth-order valence-corrected chi connectivity index (χ4v) is 3.31. The van der Waals surface area contributed by atoms with Gasteiger partial charge in [0.15, 0.2) is 0 Å². The van der Waals surface area contributed by atoms with E-state index in [1.807, 2.05) is 24.3 Å². The number of aromatic nitrogens is 1. The monoisotopic (exact) mass is 308 g/mol. The van der Waals surface area contributed by atoms with Gasteiger partial charge in [0, 0.05) is 17.4 Å². The highest BCUT2D eigenvalue weighted by Crippen LogP contribution is 2.30. The Balaban J connectivity index is 1.96. The molecule has 1 saturated heterocycles. The van der Waals surface area contributed by atoms with Crippen LogP contribution in [0.15, 0.2) is 24.3 Å². The number of rotatable bonds is 4. The maximum atomic E-state index is 11.4. The van der Waals surface area contributed by atoms with E-state index in [1.54, 1.807) is 6.07 Å². The van der Waals surface area contributed by atoms with Crippen molar-refractivity contribution in [3.63, 3.8) is 0 Å². The first-order valence-electron chi connectivity index (χ1n) is 7.46. The number of hydrogen-bond acceptors (Lipinski definition) is 4. The highest BCUT2D eigenvalue weighted by atomic mass is 16.4. The number of carbonyl (C=O) groups is 1. The standard InChI is InChI=1S/C17H16N4O2/c18-4-7-20-6-3-13(11-20)12-1-2-15-14(9-12)10-16(17(22)23)21(15)8-5-19/h1-2,9-10,13H,3,6-8,11H2,(H,22,23). The van der Waals surface area contributed by atoms with Crippen LogP contribution in [0.4, 0.5) is 0 Å². The second-order valence-corrected chi connectivity index (χ2v) is 5.78. The molecule has 0 saturated carbocycles. The third-order valence-electron chi connectivity index (χ3n) is 4.41. The maximum absolute atomic E-state index is 11.4. The lowest BCUT2D eigenvalue weighted by Gasteiger charge is -2.12. The molecule has 1 aliphatic heterocycles. The van der Waals surface area contributed by atoms with Crippen LogP contribution < -0.4 is 0 Å². The van der Waals surface area contributed by atoms with Crippen LogP contribution in [-0.2, 0) is 6.54 Å². The van der Waals surface area contributed by atoms with Crippen molar-refractivity contribution in [2.24, 2.45) is 0 Å². The molecule has 1 aliphatic rings. The van der Waals surface area contributed by atoms with Gasteiger partial charge in [0.1, 0.15) is 12.2 Å². The Morgan fingerprint density at radius 3 is 2.74 bits per heavy atom. The Hall–Kier alpha value is -2.83. The Morgan fingerprint density at radius 2 is 2.04 bits per heavy atom. The van der Waals surface area contributed by atoms with Gasteiger partial charge in [-0.1, -0.05) is 6.07 Å². The minimum atomic E-state index is -1.03. The molecule has 1 N–H and O–H groups in total. The molecule has 1 fully saturated rings. The van der Waals surface area contributed by atoms with Gasteiger partial charge in [0.25, 0.3) is 0 Å². The number of nitrogens with zero attached hydrogens (tertiary/aromatic N) is 4. The zero-order valence-electron chi connectivity index (χ0n) is 12.6. The molecule has 0 amide bonds. The molecule has 3 rings (SSSR count). The number of nitriles is 2. The number of fused-ring (bicyclic) bond motifs is 1. The van der Waals surface area contributed by atoms with Gasteiger partial charge in [-0.3, -0.25) is 4.90 Å². The predicted molar refractivity (Wildman–Crippen MR) is 83.9 cm³/mol. The van der Waals surface area contributed by atoms with Crippen LogP contribution in [0.2, 0.25) is 0 Å². The van der Waals surface area contributed by atoms with E-state index in [0.29, 0.717) is 12.5 Å². The average molecular weight is 308 g/mol. The van der Waals surface area contributed by atoms with Crippen LogP contribution >= 0.6 is 0 Å². The van der Waals surface area contributed by atoms with E-state index >= 15 is 0 Å². The summed E-state index contributed by atoms with van der Waals surface area (Å²) in [5, 5.41) is 27.8. The maximum Gasteiger partial charge on any atom is 0.352 e. The van der Waals surface area contributed by atoms with Crippen molar-refractivity contribution in [2.45, 2.75) is 18.9 Å². The van der Waals surface area contributed by atoms with Crippen molar-refractivity contribution in [3.05, 3.63) is 35.5 Å². The molecule has 116 valence electrons. The van der Waals surface area contributed by atoms with Crippen molar-refractivity contribution in [2.75, 3.05) is 19.6 Å². The molecule has 23 heavy (non-hydrogen) atoms. The lowest BCUT2D eigenvalue weighted by atomic mass is 9.97. The molecule has 2 aromatic rings. The molecule has 6 nitrogen and oxygen atoms in total. The topological polar surface area (TPSA) is 93.0 Å². The minimum Gasteiger partial charge on any atom is -0.477 e. The summed E-state index contributed by atoms with van der Waals surface area (Å²) in [4.78, 5) is 13.5. The van der Waals surface area contributed by atoms with Crippen LogP contribution in [0.25, 0.3) is 10.9 Å². The van der Waals surface area contributed by atoms with Gasteiger partial charge >= 0.3 is 5.97 Å².